The average molecular weight is 255 g/mol. The number of hydrogen-bond donors (Lipinski definition) is 3. The quantitative estimate of drug-likeness (QED) is 0.721. The van der Waals surface area contributed by atoms with E-state index in [0.29, 0.717) is 5.56 Å². The minimum absolute atomic E-state index is 0.192. The molecule has 3 N–H and O–H groups in total. The largest absolute Gasteiger partial charge is 0.416 e. The second kappa shape index (κ2) is 4.55. The summed E-state index contributed by atoms with van der Waals surface area (Å²) in [6, 6.07) is 4.03. The van der Waals surface area contributed by atoms with Gasteiger partial charge in [-0.2, -0.15) is 13.2 Å². The van der Waals surface area contributed by atoms with Gasteiger partial charge in [-0.1, -0.05) is 12.1 Å². The van der Waals surface area contributed by atoms with Crippen molar-refractivity contribution in [3.05, 3.63) is 35.4 Å². The number of benzene rings is 1. The van der Waals surface area contributed by atoms with E-state index in [1.54, 1.807) is 0 Å². The smallest absolute Gasteiger partial charge is 0.313 e. The van der Waals surface area contributed by atoms with Crippen molar-refractivity contribution >= 4 is 7.75 Å². The van der Waals surface area contributed by atoms with Crippen LogP contribution in [0.4, 0.5) is 13.2 Å². The van der Waals surface area contributed by atoms with E-state index in [1.807, 2.05) is 5.09 Å². The number of nitrogens with one attached hydrogen (secondary N) is 1. The maximum atomic E-state index is 12.2. The molecular formula is C8H9F3NO3P. The molecule has 8 heteroatoms. The predicted octanol–water partition coefficient (Wildman–Crippen LogP) is 1.89. The molecular weight excluding hydrogens is 246 g/mol. The minimum Gasteiger partial charge on any atom is -0.313 e. The molecule has 1 aromatic rings. The summed E-state index contributed by atoms with van der Waals surface area (Å²) in [6.45, 7) is -0.192. The molecule has 0 aliphatic carbocycles. The molecule has 16 heavy (non-hydrogen) atoms. The van der Waals surface area contributed by atoms with Crippen LogP contribution in [0.15, 0.2) is 24.3 Å². The molecule has 0 aliphatic rings. The van der Waals surface area contributed by atoms with E-state index in [1.165, 1.54) is 0 Å². The zero-order valence-electron chi connectivity index (χ0n) is 7.90. The first kappa shape index (κ1) is 13.2. The fraction of sp³-hybridized carbons (Fsp3) is 0.250. The van der Waals surface area contributed by atoms with Crippen molar-refractivity contribution in [3.63, 3.8) is 0 Å². The normalized spacial score (nSPS) is 12.8. The van der Waals surface area contributed by atoms with Crippen LogP contribution >= 0.6 is 7.75 Å². The highest BCUT2D eigenvalue weighted by Gasteiger charge is 2.29. The van der Waals surface area contributed by atoms with Crippen LogP contribution in [-0.4, -0.2) is 9.79 Å². The molecule has 0 heterocycles. The lowest BCUT2D eigenvalue weighted by Crippen LogP contribution is -2.10. The molecule has 0 radical (unpaired) electrons. The van der Waals surface area contributed by atoms with E-state index >= 15 is 0 Å². The van der Waals surface area contributed by atoms with Gasteiger partial charge in [-0.25, -0.2) is 9.65 Å². The Hall–Kier alpha value is -0.880. The van der Waals surface area contributed by atoms with Crippen molar-refractivity contribution in [2.45, 2.75) is 12.7 Å². The highest BCUT2D eigenvalue weighted by atomic mass is 31.2. The molecule has 0 atom stereocenters. The van der Waals surface area contributed by atoms with E-state index in [9.17, 15) is 17.7 Å². The van der Waals surface area contributed by atoms with Crippen LogP contribution in [-0.2, 0) is 17.3 Å². The van der Waals surface area contributed by atoms with Crippen LogP contribution < -0.4 is 5.09 Å². The third kappa shape index (κ3) is 4.32. The van der Waals surface area contributed by atoms with Crippen LogP contribution in [0, 0.1) is 0 Å². The first-order valence-corrected chi connectivity index (χ1v) is 5.76. The fourth-order valence-electron chi connectivity index (χ4n) is 1.01. The van der Waals surface area contributed by atoms with Gasteiger partial charge < -0.3 is 9.79 Å². The van der Waals surface area contributed by atoms with Gasteiger partial charge in [-0.3, -0.25) is 0 Å². The van der Waals surface area contributed by atoms with E-state index in [0.717, 1.165) is 24.3 Å². The molecule has 0 aromatic heterocycles. The van der Waals surface area contributed by atoms with Crippen molar-refractivity contribution < 1.29 is 27.5 Å². The summed E-state index contributed by atoms with van der Waals surface area (Å²) >= 11 is 0. The van der Waals surface area contributed by atoms with E-state index < -0.39 is 19.5 Å². The number of rotatable bonds is 3. The first-order valence-electron chi connectivity index (χ1n) is 4.15. The van der Waals surface area contributed by atoms with Gasteiger partial charge in [0.1, 0.15) is 0 Å². The summed E-state index contributed by atoms with van der Waals surface area (Å²) in [6.07, 6.45) is -4.41. The maximum Gasteiger partial charge on any atom is 0.416 e. The Labute approximate surface area is 89.3 Å². The standard InChI is InChI=1S/C8H9F3NO3P/c9-8(10,11)7-3-1-6(2-4-7)5-12-16(13,14)15/h1-4H,5H2,(H3,12,13,14,15). The van der Waals surface area contributed by atoms with Gasteiger partial charge in [0.25, 0.3) is 0 Å². The summed E-state index contributed by atoms with van der Waals surface area (Å²) in [5, 5.41) is 1.88. The zero-order chi connectivity index (χ0) is 12.4. The highest BCUT2D eigenvalue weighted by molar-refractivity contribution is 7.49. The van der Waals surface area contributed by atoms with Crippen molar-refractivity contribution in [1.29, 1.82) is 0 Å². The number of alkyl halides is 3. The lowest BCUT2D eigenvalue weighted by Gasteiger charge is -2.09. The van der Waals surface area contributed by atoms with Gasteiger partial charge >= 0.3 is 13.9 Å². The fourth-order valence-corrected chi connectivity index (χ4v) is 1.39. The molecule has 0 spiro atoms. The Kier molecular flexibility index (Phi) is 3.75. The zero-order valence-corrected chi connectivity index (χ0v) is 8.79. The molecule has 4 nitrogen and oxygen atoms in total. The summed E-state index contributed by atoms with van der Waals surface area (Å²) in [5.41, 5.74) is -0.441. The molecule has 90 valence electrons. The van der Waals surface area contributed by atoms with E-state index in [2.05, 4.69) is 0 Å². The van der Waals surface area contributed by atoms with E-state index in [4.69, 9.17) is 9.79 Å². The Morgan fingerprint density at radius 2 is 1.69 bits per heavy atom. The summed E-state index contributed by atoms with van der Waals surface area (Å²) in [7, 11) is -4.35. The van der Waals surface area contributed by atoms with Gasteiger partial charge in [-0.15, -0.1) is 0 Å². The monoisotopic (exact) mass is 255 g/mol. The topological polar surface area (TPSA) is 69.6 Å². The molecule has 0 unspecified atom stereocenters. The predicted molar refractivity (Wildman–Crippen MR) is 50.3 cm³/mol. The van der Waals surface area contributed by atoms with Gasteiger partial charge in [0.2, 0.25) is 0 Å². The molecule has 0 saturated heterocycles. The van der Waals surface area contributed by atoms with Crippen molar-refractivity contribution in [1.82, 2.24) is 5.09 Å². The molecule has 1 aromatic carbocycles. The number of hydrogen-bond acceptors (Lipinski definition) is 1. The lowest BCUT2D eigenvalue weighted by atomic mass is 10.1. The molecule has 0 aliphatic heterocycles. The van der Waals surface area contributed by atoms with Crippen LogP contribution in [0.2, 0.25) is 0 Å². The van der Waals surface area contributed by atoms with E-state index in [-0.39, 0.29) is 6.54 Å². The van der Waals surface area contributed by atoms with Crippen LogP contribution in [0.1, 0.15) is 11.1 Å². The van der Waals surface area contributed by atoms with Gasteiger partial charge in [0, 0.05) is 6.54 Å². The van der Waals surface area contributed by atoms with Gasteiger partial charge in [0.15, 0.2) is 0 Å². The van der Waals surface area contributed by atoms with Gasteiger partial charge in [-0.05, 0) is 17.7 Å². The summed E-state index contributed by atoms with van der Waals surface area (Å²) in [5.74, 6) is 0. The second-order valence-electron chi connectivity index (χ2n) is 3.07. The van der Waals surface area contributed by atoms with Crippen molar-refractivity contribution in [2.75, 3.05) is 0 Å². The minimum atomic E-state index is -4.41. The highest BCUT2D eigenvalue weighted by Crippen LogP contribution is 2.30. The maximum absolute atomic E-state index is 12.2. The Morgan fingerprint density at radius 1 is 1.19 bits per heavy atom. The average Bonchev–Trinajstić information content (AvgIpc) is 2.13. The van der Waals surface area contributed by atoms with Crippen LogP contribution in [0.5, 0.6) is 0 Å². The van der Waals surface area contributed by atoms with Crippen LogP contribution in [0.3, 0.4) is 0 Å². The van der Waals surface area contributed by atoms with Gasteiger partial charge in [0.05, 0.1) is 5.56 Å². The summed E-state index contributed by atoms with van der Waals surface area (Å²) < 4.78 is 46.9. The second-order valence-corrected chi connectivity index (χ2v) is 4.48. The third-order valence-corrected chi connectivity index (χ3v) is 2.34. The lowest BCUT2D eigenvalue weighted by molar-refractivity contribution is -0.137. The SMILES string of the molecule is O=P(O)(O)NCc1ccc(C(F)(F)F)cc1. The van der Waals surface area contributed by atoms with Crippen molar-refractivity contribution in [2.24, 2.45) is 0 Å². The molecule has 0 bridgehead atoms. The molecule has 0 saturated carbocycles. The van der Waals surface area contributed by atoms with Crippen LogP contribution in [0.25, 0.3) is 0 Å². The van der Waals surface area contributed by atoms with Crippen molar-refractivity contribution in [3.8, 4) is 0 Å². The Balaban J connectivity index is 2.69. The molecule has 0 fully saturated rings. The molecule has 0 amide bonds. The number of halogens is 3. The Morgan fingerprint density at radius 3 is 2.06 bits per heavy atom. The first-order chi connectivity index (χ1) is 7.18. The third-order valence-electron chi connectivity index (χ3n) is 1.77. The summed E-state index contributed by atoms with van der Waals surface area (Å²) in [4.78, 5) is 17.0. The molecule has 1 rings (SSSR count). The Bertz CT molecular complexity index is 398.